The summed E-state index contributed by atoms with van der Waals surface area (Å²) in [4.78, 5) is 14.4. The molecular weight excluding hydrogens is 255 g/mol. The van der Waals surface area contributed by atoms with Gasteiger partial charge in [0.25, 0.3) is 5.91 Å². The van der Waals surface area contributed by atoms with Crippen LogP contribution in [0.1, 0.15) is 42.1 Å². The lowest BCUT2D eigenvalue weighted by Gasteiger charge is -2.32. The molecule has 1 heterocycles. The summed E-state index contributed by atoms with van der Waals surface area (Å²) in [5.41, 5.74) is 1.02. The molecular formula is C16H23FN2O. The number of hydrogen-bond acceptors (Lipinski definition) is 2. The van der Waals surface area contributed by atoms with Gasteiger partial charge in [-0.05, 0) is 51.9 Å². The van der Waals surface area contributed by atoms with E-state index in [0.717, 1.165) is 18.7 Å². The maximum atomic E-state index is 13.6. The molecule has 20 heavy (non-hydrogen) atoms. The summed E-state index contributed by atoms with van der Waals surface area (Å²) < 4.78 is 13.6. The third-order valence-electron chi connectivity index (χ3n) is 3.94. The molecule has 0 aliphatic carbocycles. The van der Waals surface area contributed by atoms with E-state index in [4.69, 9.17) is 0 Å². The molecule has 1 amide bonds. The molecule has 0 radical (unpaired) electrons. The molecule has 0 saturated carbocycles. The molecule has 0 spiro atoms. The second kappa shape index (κ2) is 6.84. The first-order valence-corrected chi connectivity index (χ1v) is 7.36. The molecule has 4 heteroatoms. The van der Waals surface area contributed by atoms with E-state index >= 15 is 0 Å². The van der Waals surface area contributed by atoms with E-state index in [-0.39, 0.29) is 11.5 Å². The fourth-order valence-electron chi connectivity index (χ4n) is 2.64. The van der Waals surface area contributed by atoms with Crippen LogP contribution in [0.5, 0.6) is 0 Å². The number of nitrogens with one attached hydrogen (secondary N) is 1. The Bertz CT molecular complexity index is 470. The normalized spacial score (nSPS) is 17.8. The number of hydrogen-bond donors (Lipinski definition) is 1. The Kier molecular flexibility index (Phi) is 5.12. The minimum absolute atomic E-state index is 0.135. The molecule has 1 atom stereocenters. The average Bonchev–Trinajstić information content (AvgIpc) is 2.47. The van der Waals surface area contributed by atoms with Crippen LogP contribution >= 0.6 is 0 Å². The molecule has 110 valence electrons. The van der Waals surface area contributed by atoms with E-state index in [1.54, 1.807) is 12.1 Å². The minimum Gasteiger partial charge on any atom is -0.350 e. The Labute approximate surface area is 120 Å². The Morgan fingerprint density at radius 2 is 2.05 bits per heavy atom. The SMILES string of the molecule is Cc1ccc(F)c(C(=O)NCC(C)N2CCCCC2)c1. The summed E-state index contributed by atoms with van der Waals surface area (Å²) in [5.74, 6) is -0.784. The van der Waals surface area contributed by atoms with Crippen molar-refractivity contribution >= 4 is 5.91 Å². The maximum absolute atomic E-state index is 13.6. The van der Waals surface area contributed by atoms with Gasteiger partial charge in [-0.25, -0.2) is 4.39 Å². The number of rotatable bonds is 4. The number of nitrogens with zero attached hydrogens (tertiary/aromatic N) is 1. The molecule has 1 fully saturated rings. The highest BCUT2D eigenvalue weighted by atomic mass is 19.1. The Balaban J connectivity index is 1.89. The Morgan fingerprint density at radius 1 is 1.35 bits per heavy atom. The fourth-order valence-corrected chi connectivity index (χ4v) is 2.64. The van der Waals surface area contributed by atoms with Crippen LogP contribution in [0.15, 0.2) is 18.2 Å². The van der Waals surface area contributed by atoms with E-state index in [2.05, 4.69) is 17.1 Å². The van der Waals surface area contributed by atoms with Gasteiger partial charge in [-0.2, -0.15) is 0 Å². The number of likely N-dealkylation sites (tertiary alicyclic amines) is 1. The van der Waals surface area contributed by atoms with Gasteiger partial charge < -0.3 is 5.32 Å². The summed E-state index contributed by atoms with van der Waals surface area (Å²) in [6, 6.07) is 4.91. The molecule has 0 bridgehead atoms. The standard InChI is InChI=1S/C16H23FN2O/c1-12-6-7-15(17)14(10-12)16(20)18-11-13(2)19-8-4-3-5-9-19/h6-7,10,13H,3-5,8-9,11H2,1-2H3,(H,18,20). The van der Waals surface area contributed by atoms with Crippen molar-refractivity contribution in [1.82, 2.24) is 10.2 Å². The molecule has 2 rings (SSSR count). The number of carbonyl (C=O) groups is 1. The second-order valence-electron chi connectivity index (χ2n) is 5.64. The van der Waals surface area contributed by atoms with Gasteiger partial charge in [0.1, 0.15) is 5.82 Å². The van der Waals surface area contributed by atoms with Crippen molar-refractivity contribution in [3.05, 3.63) is 35.1 Å². The molecule has 1 aromatic rings. The van der Waals surface area contributed by atoms with Crippen LogP contribution in [0, 0.1) is 12.7 Å². The van der Waals surface area contributed by atoms with E-state index in [9.17, 15) is 9.18 Å². The number of benzene rings is 1. The van der Waals surface area contributed by atoms with Crippen LogP contribution in [-0.4, -0.2) is 36.5 Å². The van der Waals surface area contributed by atoms with Crippen LogP contribution in [0.25, 0.3) is 0 Å². The zero-order valence-corrected chi connectivity index (χ0v) is 12.3. The van der Waals surface area contributed by atoms with Gasteiger partial charge in [-0.1, -0.05) is 18.1 Å². The second-order valence-corrected chi connectivity index (χ2v) is 5.64. The number of amides is 1. The fraction of sp³-hybridized carbons (Fsp3) is 0.562. The monoisotopic (exact) mass is 278 g/mol. The predicted molar refractivity (Wildman–Crippen MR) is 78.4 cm³/mol. The smallest absolute Gasteiger partial charge is 0.254 e. The zero-order chi connectivity index (χ0) is 14.5. The van der Waals surface area contributed by atoms with Crippen molar-refractivity contribution in [1.29, 1.82) is 0 Å². The quantitative estimate of drug-likeness (QED) is 0.918. The highest BCUT2D eigenvalue weighted by molar-refractivity contribution is 5.94. The van der Waals surface area contributed by atoms with E-state index in [1.807, 2.05) is 6.92 Å². The Morgan fingerprint density at radius 3 is 2.75 bits per heavy atom. The number of halogens is 1. The van der Waals surface area contributed by atoms with Crippen LogP contribution in [0.3, 0.4) is 0 Å². The van der Waals surface area contributed by atoms with Gasteiger partial charge in [-0.15, -0.1) is 0 Å². The molecule has 1 aliphatic heterocycles. The zero-order valence-electron chi connectivity index (χ0n) is 12.3. The van der Waals surface area contributed by atoms with Crippen LogP contribution < -0.4 is 5.32 Å². The largest absolute Gasteiger partial charge is 0.350 e. The van der Waals surface area contributed by atoms with Gasteiger partial charge in [-0.3, -0.25) is 9.69 Å². The van der Waals surface area contributed by atoms with Crippen molar-refractivity contribution < 1.29 is 9.18 Å². The average molecular weight is 278 g/mol. The van der Waals surface area contributed by atoms with Gasteiger partial charge in [0, 0.05) is 12.6 Å². The van der Waals surface area contributed by atoms with Crippen molar-refractivity contribution in [3.63, 3.8) is 0 Å². The summed E-state index contributed by atoms with van der Waals surface area (Å²) in [7, 11) is 0. The topological polar surface area (TPSA) is 32.3 Å². The van der Waals surface area contributed by atoms with E-state index < -0.39 is 5.82 Å². The van der Waals surface area contributed by atoms with Gasteiger partial charge >= 0.3 is 0 Å². The molecule has 3 nitrogen and oxygen atoms in total. The van der Waals surface area contributed by atoms with E-state index in [1.165, 1.54) is 25.3 Å². The van der Waals surface area contributed by atoms with Crippen LogP contribution in [0.2, 0.25) is 0 Å². The summed E-state index contributed by atoms with van der Waals surface area (Å²) in [6.45, 7) is 6.71. The summed E-state index contributed by atoms with van der Waals surface area (Å²) in [6.07, 6.45) is 3.75. The highest BCUT2D eigenvalue weighted by Crippen LogP contribution is 2.12. The van der Waals surface area contributed by atoms with E-state index in [0.29, 0.717) is 12.6 Å². The Hall–Kier alpha value is -1.42. The molecule has 0 aromatic heterocycles. The van der Waals surface area contributed by atoms with Crippen LogP contribution in [-0.2, 0) is 0 Å². The first kappa shape index (κ1) is 15.0. The summed E-state index contributed by atoms with van der Waals surface area (Å²) in [5, 5.41) is 2.84. The molecule has 1 unspecified atom stereocenters. The van der Waals surface area contributed by atoms with Gasteiger partial charge in [0.2, 0.25) is 0 Å². The number of carbonyl (C=O) groups excluding carboxylic acids is 1. The van der Waals surface area contributed by atoms with Gasteiger partial charge in [0.05, 0.1) is 5.56 Å². The van der Waals surface area contributed by atoms with Crippen molar-refractivity contribution in [2.45, 2.75) is 39.2 Å². The van der Waals surface area contributed by atoms with Crippen molar-refractivity contribution in [2.24, 2.45) is 0 Å². The maximum Gasteiger partial charge on any atom is 0.254 e. The number of piperidine rings is 1. The van der Waals surface area contributed by atoms with Gasteiger partial charge in [0.15, 0.2) is 0 Å². The highest BCUT2D eigenvalue weighted by Gasteiger charge is 2.18. The first-order valence-electron chi connectivity index (χ1n) is 7.36. The number of aryl methyl sites for hydroxylation is 1. The third-order valence-corrected chi connectivity index (χ3v) is 3.94. The lowest BCUT2D eigenvalue weighted by molar-refractivity contribution is 0.0926. The lowest BCUT2D eigenvalue weighted by atomic mass is 10.1. The minimum atomic E-state index is -0.460. The predicted octanol–water partition coefficient (Wildman–Crippen LogP) is 2.74. The third kappa shape index (κ3) is 3.79. The van der Waals surface area contributed by atoms with Crippen molar-refractivity contribution in [3.8, 4) is 0 Å². The molecule has 1 aliphatic rings. The van der Waals surface area contributed by atoms with Crippen molar-refractivity contribution in [2.75, 3.05) is 19.6 Å². The first-order chi connectivity index (χ1) is 9.58. The molecule has 1 N–H and O–H groups in total. The molecule has 1 aromatic carbocycles. The molecule has 1 saturated heterocycles. The lowest BCUT2D eigenvalue weighted by Crippen LogP contribution is -2.44. The van der Waals surface area contributed by atoms with Crippen LogP contribution in [0.4, 0.5) is 4.39 Å². The summed E-state index contributed by atoms with van der Waals surface area (Å²) >= 11 is 0.